The zero-order valence-corrected chi connectivity index (χ0v) is 19.6. The molecule has 0 N–H and O–H groups in total. The Labute approximate surface area is 187 Å². The molecule has 0 atom stereocenters. The molecule has 0 fully saturated rings. The van der Waals surface area contributed by atoms with Gasteiger partial charge in [-0.2, -0.15) is 5.10 Å². The summed E-state index contributed by atoms with van der Waals surface area (Å²) in [4.78, 5) is 15.4. The number of benzene rings is 1. The van der Waals surface area contributed by atoms with E-state index in [9.17, 15) is 9.18 Å². The standard InChI is InChI=1S/C23H29ClFN3O3/c1-7-28-21(20(24)15(2)27-28)22(31-14-30-19(29)12-25)18(13-26-6)16-8-10-17(11-9-16)23(3,4)5/h8-11,13H,7,12,14H2,1-6H3/b22-18-,26-13-. The van der Waals surface area contributed by atoms with Gasteiger partial charge in [-0.05, 0) is 30.4 Å². The Bertz CT molecular complexity index is 973. The van der Waals surface area contributed by atoms with Crippen LogP contribution in [0.4, 0.5) is 4.39 Å². The Morgan fingerprint density at radius 1 is 1.26 bits per heavy atom. The van der Waals surface area contributed by atoms with E-state index in [1.54, 1.807) is 24.9 Å². The van der Waals surface area contributed by atoms with Gasteiger partial charge in [-0.25, -0.2) is 9.18 Å². The molecule has 2 rings (SSSR count). The van der Waals surface area contributed by atoms with Crippen molar-refractivity contribution in [2.45, 2.75) is 46.6 Å². The maximum atomic E-state index is 12.5. The number of aliphatic imine (C=N–C) groups is 1. The number of carbonyl (C=O) groups excluding carboxylic acids is 1. The average Bonchev–Trinajstić information content (AvgIpc) is 3.03. The van der Waals surface area contributed by atoms with E-state index in [-0.39, 0.29) is 5.41 Å². The van der Waals surface area contributed by atoms with Crippen LogP contribution in [0.25, 0.3) is 11.3 Å². The first-order valence-corrected chi connectivity index (χ1v) is 10.4. The number of nitrogens with zero attached hydrogens (tertiary/aromatic N) is 3. The van der Waals surface area contributed by atoms with Crippen LogP contribution in [-0.2, 0) is 26.2 Å². The molecule has 1 aromatic heterocycles. The molecule has 1 aromatic carbocycles. The lowest BCUT2D eigenvalue weighted by Gasteiger charge is -2.20. The molecule has 2 aromatic rings. The van der Waals surface area contributed by atoms with Crippen LogP contribution in [0.3, 0.4) is 0 Å². The largest absolute Gasteiger partial charge is 0.454 e. The summed E-state index contributed by atoms with van der Waals surface area (Å²) in [6, 6.07) is 8.04. The first-order valence-electron chi connectivity index (χ1n) is 9.99. The third kappa shape index (κ3) is 5.94. The van der Waals surface area contributed by atoms with Gasteiger partial charge >= 0.3 is 5.97 Å². The maximum Gasteiger partial charge on any atom is 0.340 e. The molecule has 0 aliphatic heterocycles. The molecule has 1 heterocycles. The number of aryl methyl sites for hydroxylation is 2. The maximum absolute atomic E-state index is 12.5. The molecule has 0 spiro atoms. The Morgan fingerprint density at radius 2 is 1.90 bits per heavy atom. The predicted molar refractivity (Wildman–Crippen MR) is 122 cm³/mol. The highest BCUT2D eigenvalue weighted by Crippen LogP contribution is 2.34. The van der Waals surface area contributed by atoms with E-state index in [0.29, 0.717) is 34.3 Å². The van der Waals surface area contributed by atoms with E-state index in [2.05, 4.69) is 30.9 Å². The first kappa shape index (κ1) is 24.6. The smallest absolute Gasteiger partial charge is 0.340 e. The van der Waals surface area contributed by atoms with Crippen molar-refractivity contribution in [3.63, 3.8) is 0 Å². The van der Waals surface area contributed by atoms with E-state index in [1.807, 2.05) is 31.2 Å². The van der Waals surface area contributed by atoms with E-state index in [4.69, 9.17) is 21.1 Å². The molecule has 0 amide bonds. The Kier molecular flexibility index (Phi) is 8.39. The minimum Gasteiger partial charge on any atom is -0.454 e. The summed E-state index contributed by atoms with van der Waals surface area (Å²) in [5.74, 6) is -0.668. The van der Waals surface area contributed by atoms with Gasteiger partial charge in [-0.15, -0.1) is 0 Å². The lowest BCUT2D eigenvalue weighted by molar-refractivity contribution is -0.152. The van der Waals surface area contributed by atoms with Crippen LogP contribution in [0.15, 0.2) is 29.3 Å². The van der Waals surface area contributed by atoms with Crippen LogP contribution >= 0.6 is 11.6 Å². The van der Waals surface area contributed by atoms with Gasteiger partial charge in [0.1, 0.15) is 5.69 Å². The number of rotatable bonds is 8. The molecule has 0 saturated carbocycles. The van der Waals surface area contributed by atoms with Gasteiger partial charge in [0.25, 0.3) is 0 Å². The SMILES string of the molecule is CCn1nc(C)c(Cl)c1/C(OCOC(=O)CF)=C(\C=N/C)c1ccc(C(C)(C)C)cc1. The molecule has 8 heteroatoms. The second kappa shape index (κ2) is 10.6. The molecule has 0 aliphatic rings. The summed E-state index contributed by atoms with van der Waals surface area (Å²) in [7, 11) is 1.65. The second-order valence-corrected chi connectivity index (χ2v) is 8.31. The first-order chi connectivity index (χ1) is 14.6. The van der Waals surface area contributed by atoms with Gasteiger partial charge in [0.2, 0.25) is 6.79 Å². The summed E-state index contributed by atoms with van der Waals surface area (Å²) in [5, 5.41) is 4.87. The molecule has 6 nitrogen and oxygen atoms in total. The predicted octanol–water partition coefficient (Wildman–Crippen LogP) is 5.22. The van der Waals surface area contributed by atoms with Gasteiger partial charge in [-0.1, -0.05) is 56.6 Å². The zero-order chi connectivity index (χ0) is 23.2. The van der Waals surface area contributed by atoms with Crippen molar-refractivity contribution in [2.75, 3.05) is 20.5 Å². The van der Waals surface area contributed by atoms with Crippen molar-refractivity contribution in [3.05, 3.63) is 51.8 Å². The number of ether oxygens (including phenoxy) is 2. The summed E-state index contributed by atoms with van der Waals surface area (Å²) < 4.78 is 24.8. The highest BCUT2D eigenvalue weighted by molar-refractivity contribution is 6.33. The Balaban J connectivity index is 2.67. The van der Waals surface area contributed by atoms with E-state index in [0.717, 1.165) is 5.56 Å². The fourth-order valence-corrected chi connectivity index (χ4v) is 3.24. The molecule has 31 heavy (non-hydrogen) atoms. The van der Waals surface area contributed by atoms with Crippen molar-refractivity contribution in [1.82, 2.24) is 9.78 Å². The van der Waals surface area contributed by atoms with Crippen molar-refractivity contribution >= 4 is 35.1 Å². The summed E-state index contributed by atoms with van der Waals surface area (Å²) in [5.41, 5.74) is 3.82. The quantitative estimate of drug-likeness (QED) is 0.240. The minimum atomic E-state index is -1.23. The van der Waals surface area contributed by atoms with Crippen LogP contribution in [0.5, 0.6) is 0 Å². The summed E-state index contributed by atoms with van der Waals surface area (Å²) >= 11 is 6.56. The fourth-order valence-electron chi connectivity index (χ4n) is 3.01. The van der Waals surface area contributed by atoms with Gasteiger partial charge in [0.15, 0.2) is 12.4 Å². The topological polar surface area (TPSA) is 65.7 Å². The summed E-state index contributed by atoms with van der Waals surface area (Å²) in [6.07, 6.45) is 1.65. The zero-order valence-electron chi connectivity index (χ0n) is 18.8. The number of carbonyl (C=O) groups is 1. The van der Waals surface area contributed by atoms with Crippen molar-refractivity contribution in [1.29, 1.82) is 0 Å². The van der Waals surface area contributed by atoms with Gasteiger partial charge in [0.05, 0.1) is 10.7 Å². The highest BCUT2D eigenvalue weighted by Gasteiger charge is 2.23. The lowest BCUT2D eigenvalue weighted by Crippen LogP contribution is -2.13. The minimum absolute atomic E-state index is 0.00238. The third-order valence-electron chi connectivity index (χ3n) is 4.67. The monoisotopic (exact) mass is 449 g/mol. The molecule has 0 bridgehead atoms. The number of hydrogen-bond acceptors (Lipinski definition) is 5. The normalized spacial score (nSPS) is 12.8. The van der Waals surface area contributed by atoms with E-state index >= 15 is 0 Å². The lowest BCUT2D eigenvalue weighted by atomic mass is 9.86. The Hall–Kier alpha value is -2.67. The molecule has 0 radical (unpaired) electrons. The van der Waals surface area contributed by atoms with Gasteiger partial charge in [-0.3, -0.25) is 9.67 Å². The van der Waals surface area contributed by atoms with Crippen LogP contribution < -0.4 is 0 Å². The average molecular weight is 450 g/mol. The number of esters is 1. The fraction of sp³-hybridized carbons (Fsp3) is 0.435. The van der Waals surface area contributed by atoms with Crippen LogP contribution in [0.2, 0.25) is 5.02 Å². The molecule has 168 valence electrons. The van der Waals surface area contributed by atoms with Gasteiger partial charge in [0, 0.05) is 25.4 Å². The van der Waals surface area contributed by atoms with Crippen LogP contribution in [0, 0.1) is 6.92 Å². The third-order valence-corrected chi connectivity index (χ3v) is 5.12. The van der Waals surface area contributed by atoms with Crippen LogP contribution in [-0.4, -0.2) is 42.5 Å². The molecule has 0 saturated heterocycles. The highest BCUT2D eigenvalue weighted by atomic mass is 35.5. The summed E-state index contributed by atoms with van der Waals surface area (Å²) in [6.45, 7) is 8.99. The van der Waals surface area contributed by atoms with Gasteiger partial charge < -0.3 is 9.47 Å². The van der Waals surface area contributed by atoms with Crippen molar-refractivity contribution in [3.8, 4) is 0 Å². The van der Waals surface area contributed by atoms with E-state index in [1.165, 1.54) is 5.56 Å². The number of halogens is 2. The molecular formula is C23H29ClFN3O3. The number of aromatic nitrogens is 2. The van der Waals surface area contributed by atoms with E-state index < -0.39 is 19.4 Å². The van der Waals surface area contributed by atoms with Crippen molar-refractivity contribution < 1.29 is 18.7 Å². The Morgan fingerprint density at radius 3 is 2.42 bits per heavy atom. The number of allylic oxidation sites excluding steroid dienone is 1. The molecular weight excluding hydrogens is 421 g/mol. The second-order valence-electron chi connectivity index (χ2n) is 7.93. The van der Waals surface area contributed by atoms with Crippen molar-refractivity contribution in [2.24, 2.45) is 4.99 Å². The molecule has 0 aliphatic carbocycles. The van der Waals surface area contributed by atoms with Crippen LogP contribution in [0.1, 0.15) is 50.2 Å². The molecule has 0 unspecified atom stereocenters. The number of hydrogen-bond donors (Lipinski definition) is 0. The number of alkyl halides is 1.